The highest BCUT2D eigenvalue weighted by molar-refractivity contribution is 5.94. The number of hydrogen-bond acceptors (Lipinski definition) is 5. The molecule has 0 aliphatic carbocycles. The Bertz CT molecular complexity index is 1120. The fourth-order valence-corrected chi connectivity index (χ4v) is 4.36. The van der Waals surface area contributed by atoms with Gasteiger partial charge in [0, 0.05) is 61.5 Å². The van der Waals surface area contributed by atoms with Crippen molar-refractivity contribution < 1.29 is 19.4 Å². The molecule has 3 aromatic rings. The topological polar surface area (TPSA) is 97.9 Å². The first-order valence-corrected chi connectivity index (χ1v) is 10.8. The third-order valence-corrected chi connectivity index (χ3v) is 5.75. The van der Waals surface area contributed by atoms with Crippen molar-refractivity contribution >= 4 is 34.2 Å². The molecule has 8 heteroatoms. The Morgan fingerprint density at radius 2 is 1.91 bits per heavy atom. The molecule has 1 aliphatic heterocycles. The maximum atomic E-state index is 12.3. The van der Waals surface area contributed by atoms with Crippen LogP contribution < -0.4 is 15.0 Å². The summed E-state index contributed by atoms with van der Waals surface area (Å²) in [4.78, 5) is 31.0. The van der Waals surface area contributed by atoms with E-state index in [0.29, 0.717) is 38.5 Å². The SMILES string of the molecule is CCOc1ccccc1N1CCN(C(C(=O)O)c2c[nH]c3cc(NC(C)=O)ccc23)CC1. The minimum Gasteiger partial charge on any atom is -0.492 e. The zero-order valence-electron chi connectivity index (χ0n) is 18.3. The number of carbonyl (C=O) groups is 2. The van der Waals surface area contributed by atoms with Crippen LogP contribution in [0.3, 0.4) is 0 Å². The average molecular weight is 437 g/mol. The van der Waals surface area contributed by atoms with Crippen LogP contribution in [0.4, 0.5) is 11.4 Å². The Morgan fingerprint density at radius 3 is 2.59 bits per heavy atom. The van der Waals surface area contributed by atoms with E-state index in [1.54, 1.807) is 12.3 Å². The summed E-state index contributed by atoms with van der Waals surface area (Å²) in [7, 11) is 0. The summed E-state index contributed by atoms with van der Waals surface area (Å²) >= 11 is 0. The van der Waals surface area contributed by atoms with Gasteiger partial charge in [0.15, 0.2) is 0 Å². The first kappa shape index (κ1) is 21.7. The average Bonchev–Trinajstić information content (AvgIpc) is 3.17. The van der Waals surface area contributed by atoms with Crippen molar-refractivity contribution in [3.63, 3.8) is 0 Å². The molecule has 0 radical (unpaired) electrons. The van der Waals surface area contributed by atoms with E-state index in [1.807, 2.05) is 48.2 Å². The number of aliphatic carboxylic acids is 1. The summed E-state index contributed by atoms with van der Waals surface area (Å²) in [6.45, 7) is 6.68. The van der Waals surface area contributed by atoms with Crippen molar-refractivity contribution in [3.8, 4) is 5.75 Å². The molecule has 1 unspecified atom stereocenters. The summed E-state index contributed by atoms with van der Waals surface area (Å²) in [6, 6.07) is 12.7. The quantitative estimate of drug-likeness (QED) is 0.525. The smallest absolute Gasteiger partial charge is 0.325 e. The minimum atomic E-state index is -0.875. The summed E-state index contributed by atoms with van der Waals surface area (Å²) in [5.41, 5.74) is 3.23. The van der Waals surface area contributed by atoms with Crippen molar-refractivity contribution in [1.82, 2.24) is 9.88 Å². The second kappa shape index (κ2) is 9.32. The number of anilines is 2. The monoisotopic (exact) mass is 436 g/mol. The number of fused-ring (bicyclic) bond motifs is 1. The molecule has 3 N–H and O–H groups in total. The first-order valence-electron chi connectivity index (χ1n) is 10.8. The molecule has 2 heterocycles. The molecular formula is C24H28N4O4. The third kappa shape index (κ3) is 4.40. The van der Waals surface area contributed by atoms with Crippen LogP contribution in [0.5, 0.6) is 5.75 Å². The molecule has 8 nitrogen and oxygen atoms in total. The molecule has 1 atom stereocenters. The maximum Gasteiger partial charge on any atom is 0.325 e. The third-order valence-electron chi connectivity index (χ3n) is 5.75. The van der Waals surface area contributed by atoms with Crippen LogP contribution in [0.15, 0.2) is 48.7 Å². The van der Waals surface area contributed by atoms with Crippen LogP contribution in [-0.4, -0.2) is 59.7 Å². The van der Waals surface area contributed by atoms with Gasteiger partial charge in [-0.05, 0) is 31.2 Å². The van der Waals surface area contributed by atoms with Crippen LogP contribution in [0.2, 0.25) is 0 Å². The highest BCUT2D eigenvalue weighted by atomic mass is 16.5. The van der Waals surface area contributed by atoms with Gasteiger partial charge in [0.1, 0.15) is 11.8 Å². The van der Waals surface area contributed by atoms with Crippen molar-refractivity contribution in [2.24, 2.45) is 0 Å². The van der Waals surface area contributed by atoms with Gasteiger partial charge in [-0.25, -0.2) is 0 Å². The Labute approximate surface area is 186 Å². The Hall–Kier alpha value is -3.52. The number of aromatic nitrogens is 1. The molecule has 2 aromatic carbocycles. The zero-order chi connectivity index (χ0) is 22.7. The molecule has 1 aromatic heterocycles. The number of nitrogens with zero attached hydrogens (tertiary/aromatic N) is 2. The molecule has 168 valence electrons. The summed E-state index contributed by atoms with van der Waals surface area (Å²) in [5.74, 6) is -0.173. The van der Waals surface area contributed by atoms with Crippen LogP contribution in [-0.2, 0) is 9.59 Å². The number of carbonyl (C=O) groups excluding carboxylic acids is 1. The first-order chi connectivity index (χ1) is 15.5. The van der Waals surface area contributed by atoms with Gasteiger partial charge >= 0.3 is 5.97 Å². The molecule has 1 saturated heterocycles. The number of carboxylic acid groups (broad SMARTS) is 1. The minimum absolute atomic E-state index is 0.150. The Balaban J connectivity index is 1.54. The molecule has 0 spiro atoms. The number of hydrogen-bond donors (Lipinski definition) is 3. The Morgan fingerprint density at radius 1 is 1.16 bits per heavy atom. The van der Waals surface area contributed by atoms with Gasteiger partial charge < -0.3 is 25.0 Å². The normalized spacial score (nSPS) is 15.5. The van der Waals surface area contributed by atoms with E-state index in [1.165, 1.54) is 6.92 Å². The highest BCUT2D eigenvalue weighted by Gasteiger charge is 2.32. The molecular weight excluding hydrogens is 408 g/mol. The molecule has 0 bridgehead atoms. The number of piperazine rings is 1. The number of carboxylic acids is 1. The van der Waals surface area contributed by atoms with Crippen molar-refractivity contribution in [3.05, 3.63) is 54.2 Å². The standard InChI is InChI=1S/C24H28N4O4/c1-3-32-22-7-5-4-6-21(22)27-10-12-28(13-11-27)23(24(30)31)19-15-25-20-14-17(26-16(2)29)8-9-18(19)20/h4-9,14-15,23,25H,3,10-13H2,1-2H3,(H,26,29)(H,30,31). The number of ether oxygens (including phenoxy) is 1. The number of rotatable bonds is 7. The lowest BCUT2D eigenvalue weighted by Gasteiger charge is -2.39. The summed E-state index contributed by atoms with van der Waals surface area (Å²) in [5, 5.41) is 13.7. The van der Waals surface area contributed by atoms with Gasteiger partial charge in [0.2, 0.25) is 5.91 Å². The van der Waals surface area contributed by atoms with Gasteiger partial charge in [-0.15, -0.1) is 0 Å². The predicted octanol–water partition coefficient (Wildman–Crippen LogP) is 3.47. The van der Waals surface area contributed by atoms with Gasteiger partial charge in [-0.3, -0.25) is 14.5 Å². The van der Waals surface area contributed by atoms with E-state index in [-0.39, 0.29) is 5.91 Å². The summed E-state index contributed by atoms with van der Waals surface area (Å²) in [6.07, 6.45) is 1.76. The van der Waals surface area contributed by atoms with Crippen LogP contribution in [0.25, 0.3) is 10.9 Å². The lowest BCUT2D eigenvalue weighted by Crippen LogP contribution is -2.49. The zero-order valence-corrected chi connectivity index (χ0v) is 18.3. The van der Waals surface area contributed by atoms with E-state index in [9.17, 15) is 14.7 Å². The van der Waals surface area contributed by atoms with E-state index in [4.69, 9.17) is 4.74 Å². The van der Waals surface area contributed by atoms with Crippen molar-refractivity contribution in [2.45, 2.75) is 19.9 Å². The number of para-hydroxylation sites is 2. The number of aromatic amines is 1. The van der Waals surface area contributed by atoms with E-state index in [0.717, 1.165) is 27.9 Å². The van der Waals surface area contributed by atoms with Crippen molar-refractivity contribution in [2.75, 3.05) is 43.0 Å². The van der Waals surface area contributed by atoms with Gasteiger partial charge in [0.05, 0.1) is 12.3 Å². The van der Waals surface area contributed by atoms with Gasteiger partial charge in [-0.2, -0.15) is 0 Å². The summed E-state index contributed by atoms with van der Waals surface area (Å²) < 4.78 is 5.76. The van der Waals surface area contributed by atoms with Crippen LogP contribution in [0, 0.1) is 0 Å². The van der Waals surface area contributed by atoms with Gasteiger partial charge in [-0.1, -0.05) is 18.2 Å². The van der Waals surface area contributed by atoms with Crippen molar-refractivity contribution in [1.29, 1.82) is 0 Å². The lowest BCUT2D eigenvalue weighted by molar-refractivity contribution is -0.143. The predicted molar refractivity (Wildman–Crippen MR) is 124 cm³/mol. The number of H-pyrrole nitrogens is 1. The molecule has 1 fully saturated rings. The molecule has 32 heavy (non-hydrogen) atoms. The molecule has 4 rings (SSSR count). The van der Waals surface area contributed by atoms with E-state index < -0.39 is 12.0 Å². The number of benzene rings is 2. The fraction of sp³-hybridized carbons (Fsp3) is 0.333. The number of nitrogens with one attached hydrogen (secondary N) is 2. The molecule has 1 amide bonds. The second-order valence-electron chi connectivity index (χ2n) is 7.85. The fourth-order valence-electron chi connectivity index (χ4n) is 4.36. The maximum absolute atomic E-state index is 12.3. The Kier molecular flexibility index (Phi) is 6.32. The molecule has 1 aliphatic rings. The largest absolute Gasteiger partial charge is 0.492 e. The van der Waals surface area contributed by atoms with E-state index >= 15 is 0 Å². The second-order valence-corrected chi connectivity index (χ2v) is 7.85. The van der Waals surface area contributed by atoms with Crippen LogP contribution >= 0.6 is 0 Å². The number of amides is 1. The lowest BCUT2D eigenvalue weighted by atomic mass is 10.0. The molecule has 0 saturated carbocycles. The van der Waals surface area contributed by atoms with Crippen LogP contribution in [0.1, 0.15) is 25.5 Å². The van der Waals surface area contributed by atoms with E-state index in [2.05, 4.69) is 15.2 Å². The van der Waals surface area contributed by atoms with Gasteiger partial charge in [0.25, 0.3) is 0 Å². The highest BCUT2D eigenvalue weighted by Crippen LogP contribution is 2.33.